The van der Waals surface area contributed by atoms with Crippen LogP contribution in [0.25, 0.3) is 0 Å². The summed E-state index contributed by atoms with van der Waals surface area (Å²) in [6.45, 7) is 15.9. The molecule has 1 saturated heterocycles. The molecule has 0 spiro atoms. The van der Waals surface area contributed by atoms with Crippen molar-refractivity contribution < 1.29 is 28.3 Å². The molecule has 7 nitrogen and oxygen atoms in total. The van der Waals surface area contributed by atoms with E-state index in [1.165, 1.54) is 0 Å². The molecule has 8 heteroatoms. The SMILES string of the molecule is CC(C)(C)OC(=O)N1C(=O)[C@@H](CO[Si](C)(C)C(C)(C)C)C[C@@H]1C(=O)OCc1ccccc1. The first kappa shape index (κ1) is 26.1. The third-order valence-corrected chi connectivity index (χ3v) is 10.4. The third kappa shape index (κ3) is 6.65. The fraction of sp³-hybridized carbons (Fsp3) is 0.625. The average Bonchev–Trinajstić information content (AvgIpc) is 3.00. The molecule has 2 rings (SSSR count). The zero-order chi connectivity index (χ0) is 24.3. The molecule has 0 aromatic heterocycles. The highest BCUT2D eigenvalue weighted by Crippen LogP contribution is 2.38. The number of rotatable bonds is 6. The van der Waals surface area contributed by atoms with Gasteiger partial charge in [0.2, 0.25) is 5.91 Å². The molecule has 0 bridgehead atoms. The molecule has 0 N–H and O–H groups in total. The Labute approximate surface area is 192 Å². The van der Waals surface area contributed by atoms with E-state index in [0.29, 0.717) is 0 Å². The topological polar surface area (TPSA) is 82.1 Å². The minimum absolute atomic E-state index is 0.0203. The Hall–Kier alpha value is -2.19. The Morgan fingerprint density at radius 1 is 1.06 bits per heavy atom. The molecular weight excluding hydrogens is 426 g/mol. The number of carbonyl (C=O) groups excluding carboxylic acids is 3. The largest absolute Gasteiger partial charge is 0.459 e. The van der Waals surface area contributed by atoms with Crippen LogP contribution in [0.15, 0.2) is 30.3 Å². The maximum atomic E-state index is 13.1. The summed E-state index contributed by atoms with van der Waals surface area (Å²) in [5, 5.41) is -0.0203. The van der Waals surface area contributed by atoms with E-state index >= 15 is 0 Å². The zero-order valence-corrected chi connectivity index (χ0v) is 21.6. The van der Waals surface area contributed by atoms with E-state index in [-0.39, 0.29) is 24.7 Å². The van der Waals surface area contributed by atoms with Crippen LogP contribution in [-0.2, 0) is 30.1 Å². The minimum Gasteiger partial charge on any atom is -0.459 e. The Bertz CT molecular complexity index is 825. The van der Waals surface area contributed by atoms with Gasteiger partial charge in [0.15, 0.2) is 8.32 Å². The lowest BCUT2D eigenvalue weighted by molar-refractivity contribution is -0.152. The Kier molecular flexibility index (Phi) is 7.94. The average molecular weight is 464 g/mol. The quantitative estimate of drug-likeness (QED) is 0.441. The van der Waals surface area contributed by atoms with E-state index in [1.54, 1.807) is 20.8 Å². The standard InChI is InChI=1S/C24H37NO6Si/c1-23(2,3)31-22(28)25-19(21(27)29-15-17-12-10-9-11-13-17)14-18(20(25)26)16-30-32(7,8)24(4,5)6/h9-13,18-19H,14-16H2,1-8H3/t18-,19-/m1/s1. The number of nitrogens with zero attached hydrogens (tertiary/aromatic N) is 1. The summed E-state index contributed by atoms with van der Waals surface area (Å²) in [5.41, 5.74) is 0.0257. The van der Waals surface area contributed by atoms with E-state index in [9.17, 15) is 14.4 Å². The van der Waals surface area contributed by atoms with Crippen molar-refractivity contribution in [3.05, 3.63) is 35.9 Å². The van der Waals surface area contributed by atoms with Gasteiger partial charge in [-0.1, -0.05) is 51.1 Å². The van der Waals surface area contributed by atoms with Gasteiger partial charge in [-0.25, -0.2) is 14.5 Å². The van der Waals surface area contributed by atoms with Gasteiger partial charge in [0.1, 0.15) is 18.2 Å². The van der Waals surface area contributed by atoms with Gasteiger partial charge in [0, 0.05) is 6.61 Å². The van der Waals surface area contributed by atoms with Gasteiger partial charge >= 0.3 is 12.1 Å². The summed E-state index contributed by atoms with van der Waals surface area (Å²) in [6, 6.07) is 8.22. The molecule has 1 heterocycles. The van der Waals surface area contributed by atoms with Gasteiger partial charge < -0.3 is 13.9 Å². The van der Waals surface area contributed by atoms with Crippen LogP contribution in [0.4, 0.5) is 4.79 Å². The van der Waals surface area contributed by atoms with Crippen LogP contribution in [0.5, 0.6) is 0 Å². The van der Waals surface area contributed by atoms with Crippen molar-refractivity contribution in [3.63, 3.8) is 0 Å². The molecule has 0 saturated carbocycles. The van der Waals surface area contributed by atoms with Crippen LogP contribution in [0.1, 0.15) is 53.5 Å². The van der Waals surface area contributed by atoms with Crippen molar-refractivity contribution in [1.82, 2.24) is 4.90 Å². The maximum Gasteiger partial charge on any atom is 0.417 e. The second-order valence-electron chi connectivity index (χ2n) is 10.8. The van der Waals surface area contributed by atoms with E-state index in [2.05, 4.69) is 33.9 Å². The van der Waals surface area contributed by atoms with E-state index in [1.807, 2.05) is 30.3 Å². The van der Waals surface area contributed by atoms with Crippen LogP contribution >= 0.6 is 0 Å². The van der Waals surface area contributed by atoms with Crippen LogP contribution in [0.2, 0.25) is 18.1 Å². The zero-order valence-electron chi connectivity index (χ0n) is 20.6. The molecular formula is C24H37NO6Si. The number of hydrogen-bond donors (Lipinski definition) is 0. The van der Waals surface area contributed by atoms with Crippen LogP contribution in [0.3, 0.4) is 0 Å². The predicted molar refractivity (Wildman–Crippen MR) is 124 cm³/mol. The molecule has 1 aromatic carbocycles. The molecule has 1 aliphatic heterocycles. The summed E-state index contributed by atoms with van der Waals surface area (Å²) in [6.07, 6.45) is -0.681. The monoisotopic (exact) mass is 463 g/mol. The Balaban J connectivity index is 2.17. The molecule has 1 aliphatic rings. The van der Waals surface area contributed by atoms with Crippen LogP contribution in [-0.4, -0.2) is 49.4 Å². The fourth-order valence-electron chi connectivity index (χ4n) is 3.05. The molecule has 1 aromatic rings. The van der Waals surface area contributed by atoms with Gasteiger partial charge in [-0.3, -0.25) is 4.79 Å². The first-order chi connectivity index (χ1) is 14.6. The number of amides is 2. The van der Waals surface area contributed by atoms with Gasteiger partial charge in [-0.2, -0.15) is 0 Å². The van der Waals surface area contributed by atoms with Crippen molar-refractivity contribution in [1.29, 1.82) is 0 Å². The number of imide groups is 1. The van der Waals surface area contributed by atoms with E-state index < -0.39 is 43.8 Å². The number of hydrogen-bond acceptors (Lipinski definition) is 6. The van der Waals surface area contributed by atoms with Crippen molar-refractivity contribution in [2.45, 2.75) is 84.3 Å². The molecule has 2 amide bonds. The van der Waals surface area contributed by atoms with Gasteiger partial charge in [-0.15, -0.1) is 0 Å². The second kappa shape index (κ2) is 9.75. The first-order valence-electron chi connectivity index (χ1n) is 11.0. The van der Waals surface area contributed by atoms with Crippen molar-refractivity contribution in [2.24, 2.45) is 5.92 Å². The van der Waals surface area contributed by atoms with E-state index in [0.717, 1.165) is 10.5 Å². The van der Waals surface area contributed by atoms with Gasteiger partial charge in [0.25, 0.3) is 0 Å². The number of benzene rings is 1. The Morgan fingerprint density at radius 3 is 2.19 bits per heavy atom. The highest BCUT2D eigenvalue weighted by Gasteiger charge is 2.50. The maximum absolute atomic E-state index is 13.1. The number of likely N-dealkylation sites (tertiary alicyclic amines) is 1. The summed E-state index contributed by atoms with van der Waals surface area (Å²) in [4.78, 5) is 39.8. The number of carbonyl (C=O) groups is 3. The molecule has 0 unspecified atom stereocenters. The Morgan fingerprint density at radius 2 is 1.66 bits per heavy atom. The molecule has 1 fully saturated rings. The minimum atomic E-state index is -2.10. The summed E-state index contributed by atoms with van der Waals surface area (Å²) in [7, 11) is -2.10. The smallest absolute Gasteiger partial charge is 0.417 e. The summed E-state index contributed by atoms with van der Waals surface area (Å²) >= 11 is 0. The lowest BCUT2D eigenvalue weighted by atomic mass is 10.1. The van der Waals surface area contributed by atoms with Crippen molar-refractivity contribution in [2.75, 3.05) is 6.61 Å². The molecule has 178 valence electrons. The van der Waals surface area contributed by atoms with Gasteiger partial charge in [-0.05, 0) is 50.9 Å². The molecule has 0 aliphatic carbocycles. The lowest BCUT2D eigenvalue weighted by Crippen LogP contribution is -2.46. The molecule has 32 heavy (non-hydrogen) atoms. The van der Waals surface area contributed by atoms with Crippen LogP contribution < -0.4 is 0 Å². The number of esters is 1. The third-order valence-electron chi connectivity index (χ3n) is 5.94. The molecule has 2 atom stereocenters. The highest BCUT2D eigenvalue weighted by molar-refractivity contribution is 6.74. The second-order valence-corrected chi connectivity index (χ2v) is 15.6. The highest BCUT2D eigenvalue weighted by atomic mass is 28.4. The lowest BCUT2D eigenvalue weighted by Gasteiger charge is -2.36. The van der Waals surface area contributed by atoms with E-state index in [4.69, 9.17) is 13.9 Å². The summed E-state index contributed by atoms with van der Waals surface area (Å²) < 4.78 is 17.1. The number of ether oxygens (including phenoxy) is 2. The van der Waals surface area contributed by atoms with Gasteiger partial charge in [0.05, 0.1) is 5.92 Å². The van der Waals surface area contributed by atoms with Crippen LogP contribution in [0, 0.1) is 5.92 Å². The first-order valence-corrected chi connectivity index (χ1v) is 13.9. The molecule has 0 radical (unpaired) electrons. The van der Waals surface area contributed by atoms with Crippen molar-refractivity contribution >= 4 is 26.3 Å². The summed E-state index contributed by atoms with van der Waals surface area (Å²) in [5.74, 6) is -1.69. The fourth-order valence-corrected chi connectivity index (χ4v) is 4.10. The van der Waals surface area contributed by atoms with Crippen molar-refractivity contribution in [3.8, 4) is 0 Å². The predicted octanol–water partition coefficient (Wildman–Crippen LogP) is 4.90. The normalized spacial score (nSPS) is 19.8.